The maximum atomic E-state index is 12.0. The third-order valence-electron chi connectivity index (χ3n) is 3.27. The van der Waals surface area contributed by atoms with E-state index in [4.69, 9.17) is 19.6 Å². The second kappa shape index (κ2) is 8.61. The van der Waals surface area contributed by atoms with Gasteiger partial charge >= 0.3 is 11.9 Å². The van der Waals surface area contributed by atoms with E-state index in [1.54, 1.807) is 19.1 Å². The van der Waals surface area contributed by atoms with E-state index in [2.05, 4.69) is 10.3 Å². The molecule has 0 bridgehead atoms. The standard InChI is InChI=1S/C17H17N3O7/c1-3-25-17(24)12-9(2)27-15(13(12)14(18)22)20-11(21)8-26-16(23)10-6-4-5-7-19-10/h4-7H,3,8H2,1-2H3,(H2,18,22)(H,20,21). The smallest absolute Gasteiger partial charge is 0.357 e. The van der Waals surface area contributed by atoms with Crippen molar-refractivity contribution in [1.82, 2.24) is 4.98 Å². The first-order valence-electron chi connectivity index (χ1n) is 7.83. The maximum absolute atomic E-state index is 12.0. The molecular weight excluding hydrogens is 358 g/mol. The Kier molecular flexibility index (Phi) is 6.26. The van der Waals surface area contributed by atoms with Crippen LogP contribution in [0.2, 0.25) is 0 Å². The molecule has 27 heavy (non-hydrogen) atoms. The van der Waals surface area contributed by atoms with Crippen LogP contribution in [0.5, 0.6) is 0 Å². The molecule has 2 rings (SSSR count). The molecule has 0 aliphatic heterocycles. The van der Waals surface area contributed by atoms with Gasteiger partial charge in [0.05, 0.1) is 6.61 Å². The molecule has 0 saturated heterocycles. The number of anilines is 1. The van der Waals surface area contributed by atoms with E-state index in [9.17, 15) is 19.2 Å². The van der Waals surface area contributed by atoms with Gasteiger partial charge < -0.3 is 19.6 Å². The van der Waals surface area contributed by atoms with Crippen LogP contribution in [-0.4, -0.2) is 42.0 Å². The van der Waals surface area contributed by atoms with Crippen LogP contribution in [0.4, 0.5) is 5.88 Å². The summed E-state index contributed by atoms with van der Waals surface area (Å²) >= 11 is 0. The molecule has 2 amide bonds. The third kappa shape index (κ3) is 4.69. The van der Waals surface area contributed by atoms with Crippen molar-refractivity contribution in [3.05, 3.63) is 47.0 Å². The Hall–Kier alpha value is -3.69. The van der Waals surface area contributed by atoms with Gasteiger partial charge in [0.1, 0.15) is 22.6 Å². The van der Waals surface area contributed by atoms with Crippen molar-refractivity contribution in [3.63, 3.8) is 0 Å². The summed E-state index contributed by atoms with van der Waals surface area (Å²) in [6.07, 6.45) is 1.40. The van der Waals surface area contributed by atoms with Crippen LogP contribution >= 0.6 is 0 Å². The van der Waals surface area contributed by atoms with E-state index in [-0.39, 0.29) is 35.1 Å². The average Bonchev–Trinajstić information content (AvgIpc) is 2.96. The zero-order valence-electron chi connectivity index (χ0n) is 14.6. The van der Waals surface area contributed by atoms with E-state index in [0.717, 1.165) is 0 Å². The molecule has 0 unspecified atom stereocenters. The van der Waals surface area contributed by atoms with E-state index in [1.165, 1.54) is 19.2 Å². The molecule has 0 spiro atoms. The highest BCUT2D eigenvalue weighted by molar-refractivity contribution is 6.10. The molecule has 0 atom stereocenters. The Balaban J connectivity index is 2.11. The van der Waals surface area contributed by atoms with Crippen molar-refractivity contribution < 1.29 is 33.1 Å². The monoisotopic (exact) mass is 375 g/mol. The largest absolute Gasteiger partial charge is 0.462 e. The zero-order chi connectivity index (χ0) is 20.0. The fourth-order valence-corrected chi connectivity index (χ4v) is 2.17. The molecule has 2 heterocycles. The lowest BCUT2D eigenvalue weighted by atomic mass is 10.1. The van der Waals surface area contributed by atoms with Gasteiger partial charge in [0.2, 0.25) is 5.88 Å². The topological polar surface area (TPSA) is 151 Å². The number of carbonyl (C=O) groups excluding carboxylic acids is 4. The van der Waals surface area contributed by atoms with Gasteiger partial charge in [-0.3, -0.25) is 14.9 Å². The SMILES string of the molecule is CCOC(=O)c1c(C)oc(NC(=O)COC(=O)c2ccccn2)c1C(N)=O. The Morgan fingerprint density at radius 1 is 1.15 bits per heavy atom. The number of rotatable bonds is 7. The summed E-state index contributed by atoms with van der Waals surface area (Å²) < 4.78 is 14.9. The van der Waals surface area contributed by atoms with Gasteiger partial charge in [0.25, 0.3) is 11.8 Å². The fourth-order valence-electron chi connectivity index (χ4n) is 2.17. The van der Waals surface area contributed by atoms with E-state index in [0.29, 0.717) is 0 Å². The molecule has 3 N–H and O–H groups in total. The van der Waals surface area contributed by atoms with E-state index in [1.807, 2.05) is 0 Å². The van der Waals surface area contributed by atoms with Crippen LogP contribution in [0.25, 0.3) is 0 Å². The van der Waals surface area contributed by atoms with Gasteiger partial charge in [0.15, 0.2) is 6.61 Å². The molecule has 0 aliphatic carbocycles. The molecule has 0 radical (unpaired) electrons. The summed E-state index contributed by atoms with van der Waals surface area (Å²) in [5.74, 6) is -3.69. The summed E-state index contributed by atoms with van der Waals surface area (Å²) in [5.41, 5.74) is 4.81. The molecule has 10 nitrogen and oxygen atoms in total. The average molecular weight is 375 g/mol. The minimum Gasteiger partial charge on any atom is -0.462 e. The number of furan rings is 1. The Bertz CT molecular complexity index is 874. The predicted octanol–water partition coefficient (Wildman–Crippen LogP) is 1.05. The Labute approximate surface area is 153 Å². The molecule has 2 aromatic heterocycles. The Morgan fingerprint density at radius 3 is 2.48 bits per heavy atom. The highest BCUT2D eigenvalue weighted by Crippen LogP contribution is 2.27. The van der Waals surface area contributed by atoms with Gasteiger partial charge in [-0.2, -0.15) is 0 Å². The van der Waals surface area contributed by atoms with Crippen molar-refractivity contribution in [3.8, 4) is 0 Å². The normalized spacial score (nSPS) is 10.1. The molecule has 2 aromatic rings. The number of ether oxygens (including phenoxy) is 2. The lowest BCUT2D eigenvalue weighted by Crippen LogP contribution is -2.23. The number of hydrogen-bond acceptors (Lipinski definition) is 8. The van der Waals surface area contributed by atoms with Crippen molar-refractivity contribution in [2.45, 2.75) is 13.8 Å². The lowest BCUT2D eigenvalue weighted by molar-refractivity contribution is -0.119. The van der Waals surface area contributed by atoms with Crippen LogP contribution in [0.3, 0.4) is 0 Å². The summed E-state index contributed by atoms with van der Waals surface area (Å²) in [4.78, 5) is 51.3. The van der Waals surface area contributed by atoms with Gasteiger partial charge in [-0.25, -0.2) is 14.6 Å². The minimum atomic E-state index is -0.990. The number of amides is 2. The molecule has 0 saturated carbocycles. The predicted molar refractivity (Wildman–Crippen MR) is 91.1 cm³/mol. The summed E-state index contributed by atoms with van der Waals surface area (Å²) in [5, 5.41) is 2.25. The second-order valence-corrected chi connectivity index (χ2v) is 5.16. The number of aromatic nitrogens is 1. The van der Waals surface area contributed by atoms with Crippen molar-refractivity contribution in [1.29, 1.82) is 0 Å². The lowest BCUT2D eigenvalue weighted by Gasteiger charge is -2.06. The van der Waals surface area contributed by atoms with Gasteiger partial charge in [-0.1, -0.05) is 6.07 Å². The number of carbonyl (C=O) groups is 4. The first-order chi connectivity index (χ1) is 12.8. The van der Waals surface area contributed by atoms with Gasteiger partial charge in [-0.15, -0.1) is 0 Å². The summed E-state index contributed by atoms with van der Waals surface area (Å²) in [7, 11) is 0. The van der Waals surface area contributed by atoms with Gasteiger partial charge in [-0.05, 0) is 26.0 Å². The van der Waals surface area contributed by atoms with Crippen LogP contribution in [-0.2, 0) is 14.3 Å². The second-order valence-electron chi connectivity index (χ2n) is 5.16. The molecule has 0 aromatic carbocycles. The van der Waals surface area contributed by atoms with Crippen LogP contribution in [0, 0.1) is 6.92 Å². The number of nitrogens with two attached hydrogens (primary N) is 1. The minimum absolute atomic E-state index is 0.0292. The number of primary amides is 1. The molecule has 0 fully saturated rings. The first-order valence-corrected chi connectivity index (χ1v) is 7.83. The quantitative estimate of drug-likeness (QED) is 0.682. The number of esters is 2. The summed E-state index contributed by atoms with van der Waals surface area (Å²) in [6, 6.07) is 4.63. The highest BCUT2D eigenvalue weighted by atomic mass is 16.5. The zero-order valence-corrected chi connectivity index (χ0v) is 14.6. The summed E-state index contributed by atoms with van der Waals surface area (Å²) in [6.45, 7) is 2.42. The van der Waals surface area contributed by atoms with Crippen molar-refractivity contribution >= 4 is 29.6 Å². The number of hydrogen-bond donors (Lipinski definition) is 2. The third-order valence-corrected chi connectivity index (χ3v) is 3.27. The fraction of sp³-hybridized carbons (Fsp3) is 0.235. The highest BCUT2D eigenvalue weighted by Gasteiger charge is 2.29. The van der Waals surface area contributed by atoms with Crippen molar-refractivity contribution in [2.24, 2.45) is 5.73 Å². The van der Waals surface area contributed by atoms with Crippen LogP contribution in [0.1, 0.15) is 43.9 Å². The molecule has 10 heteroatoms. The van der Waals surface area contributed by atoms with E-state index < -0.39 is 30.4 Å². The Morgan fingerprint density at radius 2 is 1.89 bits per heavy atom. The number of pyridine rings is 1. The van der Waals surface area contributed by atoms with Crippen LogP contribution < -0.4 is 11.1 Å². The number of nitrogens with zero attached hydrogens (tertiary/aromatic N) is 1. The van der Waals surface area contributed by atoms with Crippen LogP contribution in [0.15, 0.2) is 28.8 Å². The first kappa shape index (κ1) is 19.6. The van der Waals surface area contributed by atoms with Crippen molar-refractivity contribution in [2.75, 3.05) is 18.5 Å². The van der Waals surface area contributed by atoms with Gasteiger partial charge in [0, 0.05) is 6.20 Å². The maximum Gasteiger partial charge on any atom is 0.357 e. The molecular formula is C17H17N3O7. The molecule has 0 aliphatic rings. The van der Waals surface area contributed by atoms with E-state index >= 15 is 0 Å². The number of nitrogens with one attached hydrogen (secondary N) is 1. The molecule has 142 valence electrons. The number of aryl methyl sites for hydroxylation is 1.